The summed E-state index contributed by atoms with van der Waals surface area (Å²) in [5.41, 5.74) is 0.0702. The lowest BCUT2D eigenvalue weighted by atomic mass is 10.00. The molecule has 1 heterocycles. The van der Waals surface area contributed by atoms with Crippen molar-refractivity contribution in [2.75, 3.05) is 6.61 Å². The Morgan fingerprint density at radius 3 is 2.82 bits per heavy atom. The van der Waals surface area contributed by atoms with E-state index in [-0.39, 0.29) is 15.6 Å². The van der Waals surface area contributed by atoms with E-state index in [4.69, 9.17) is 23.2 Å². The molecule has 0 saturated carbocycles. The van der Waals surface area contributed by atoms with Crippen molar-refractivity contribution in [1.29, 1.82) is 0 Å². The van der Waals surface area contributed by atoms with Crippen LogP contribution in [0, 0.1) is 0 Å². The summed E-state index contributed by atoms with van der Waals surface area (Å²) in [7, 11) is 0. The second-order valence-corrected chi connectivity index (χ2v) is 4.34. The molecule has 1 aliphatic heterocycles. The fourth-order valence-corrected chi connectivity index (χ4v) is 1.98. The van der Waals surface area contributed by atoms with Gasteiger partial charge in [0.25, 0.3) is 0 Å². The topological polar surface area (TPSA) is 38.3 Å². The summed E-state index contributed by atoms with van der Waals surface area (Å²) in [5.74, 6) is -3.23. The number of hydrogen-bond acceptors (Lipinski definition) is 2. The van der Waals surface area contributed by atoms with Gasteiger partial charge in [-0.1, -0.05) is 35.3 Å². The Bertz CT molecular complexity index is 468. The van der Waals surface area contributed by atoms with E-state index >= 15 is 0 Å². The third-order valence-electron chi connectivity index (χ3n) is 2.37. The van der Waals surface area contributed by atoms with E-state index in [1.54, 1.807) is 0 Å². The van der Waals surface area contributed by atoms with Crippen LogP contribution in [0.4, 0.5) is 13.6 Å². The van der Waals surface area contributed by atoms with E-state index in [0.29, 0.717) is 0 Å². The van der Waals surface area contributed by atoms with Crippen molar-refractivity contribution in [2.45, 2.75) is 12.0 Å². The first-order valence-corrected chi connectivity index (χ1v) is 5.42. The molecule has 7 heteroatoms. The molecule has 92 valence electrons. The van der Waals surface area contributed by atoms with Gasteiger partial charge in [-0.25, -0.2) is 13.6 Å². The Morgan fingerprint density at radius 2 is 2.12 bits per heavy atom. The van der Waals surface area contributed by atoms with Crippen LogP contribution in [0.5, 0.6) is 0 Å². The van der Waals surface area contributed by atoms with Crippen LogP contribution in [0.15, 0.2) is 18.2 Å². The van der Waals surface area contributed by atoms with Gasteiger partial charge in [0.05, 0.1) is 10.0 Å². The number of halogens is 4. The van der Waals surface area contributed by atoms with Crippen LogP contribution in [0.25, 0.3) is 0 Å². The van der Waals surface area contributed by atoms with Gasteiger partial charge < -0.3 is 10.1 Å². The van der Waals surface area contributed by atoms with E-state index in [2.05, 4.69) is 4.74 Å². The van der Waals surface area contributed by atoms with Crippen molar-refractivity contribution in [3.63, 3.8) is 0 Å². The fraction of sp³-hybridized carbons (Fsp3) is 0.300. The zero-order chi connectivity index (χ0) is 12.6. The average Bonchev–Trinajstić information content (AvgIpc) is 2.26. The van der Waals surface area contributed by atoms with E-state index in [1.165, 1.54) is 18.2 Å². The van der Waals surface area contributed by atoms with E-state index < -0.39 is 24.7 Å². The lowest BCUT2D eigenvalue weighted by Crippen LogP contribution is -2.49. The first-order valence-electron chi connectivity index (χ1n) is 4.67. The fourth-order valence-electron chi connectivity index (χ4n) is 1.56. The zero-order valence-electron chi connectivity index (χ0n) is 8.34. The van der Waals surface area contributed by atoms with Crippen LogP contribution in [-0.4, -0.2) is 18.6 Å². The standard InChI is InChI=1S/C10H7Cl2F2NO2/c11-6-3-1-2-5(7(6)12)8-10(13,14)4-17-9(16)15-8/h1-3,8H,4H2,(H,15,16)/t8-/m0/s1. The minimum Gasteiger partial charge on any atom is -0.443 e. The molecule has 0 spiro atoms. The number of alkyl halides is 2. The highest BCUT2D eigenvalue weighted by molar-refractivity contribution is 6.42. The van der Waals surface area contributed by atoms with Gasteiger partial charge in [0.15, 0.2) is 6.61 Å². The van der Waals surface area contributed by atoms with E-state index in [1.807, 2.05) is 5.32 Å². The predicted molar refractivity (Wildman–Crippen MR) is 58.6 cm³/mol. The molecule has 17 heavy (non-hydrogen) atoms. The van der Waals surface area contributed by atoms with Crippen molar-refractivity contribution in [3.8, 4) is 0 Å². The Kier molecular flexibility index (Phi) is 3.14. The van der Waals surface area contributed by atoms with Crippen LogP contribution in [0.3, 0.4) is 0 Å². The van der Waals surface area contributed by atoms with Gasteiger partial charge >= 0.3 is 12.0 Å². The molecule has 0 radical (unpaired) electrons. The van der Waals surface area contributed by atoms with Gasteiger partial charge in [-0.2, -0.15) is 0 Å². The van der Waals surface area contributed by atoms with Crippen LogP contribution >= 0.6 is 23.2 Å². The Morgan fingerprint density at radius 1 is 1.41 bits per heavy atom. The van der Waals surface area contributed by atoms with Crippen molar-refractivity contribution < 1.29 is 18.3 Å². The number of amides is 1. The number of hydrogen-bond donors (Lipinski definition) is 1. The maximum atomic E-state index is 13.6. The molecule has 1 fully saturated rings. The summed E-state index contributed by atoms with van der Waals surface area (Å²) in [6.07, 6.45) is -0.906. The largest absolute Gasteiger partial charge is 0.443 e. The monoisotopic (exact) mass is 281 g/mol. The summed E-state index contributed by atoms with van der Waals surface area (Å²) < 4.78 is 31.4. The summed E-state index contributed by atoms with van der Waals surface area (Å²) in [5, 5.41) is 2.19. The third-order valence-corrected chi connectivity index (χ3v) is 3.21. The van der Waals surface area contributed by atoms with E-state index in [0.717, 1.165) is 0 Å². The second-order valence-electron chi connectivity index (χ2n) is 3.56. The van der Waals surface area contributed by atoms with Gasteiger partial charge in [-0.05, 0) is 6.07 Å². The van der Waals surface area contributed by atoms with Crippen molar-refractivity contribution in [1.82, 2.24) is 5.32 Å². The molecule has 0 unspecified atom stereocenters. The summed E-state index contributed by atoms with van der Waals surface area (Å²) in [6, 6.07) is 2.82. The molecular formula is C10H7Cl2F2NO2. The normalized spacial score (nSPS) is 22.8. The number of cyclic esters (lactones) is 1. The maximum Gasteiger partial charge on any atom is 0.408 e. The Balaban J connectivity index is 2.43. The molecule has 0 aromatic heterocycles. The maximum absolute atomic E-state index is 13.6. The summed E-state index contributed by atoms with van der Waals surface area (Å²) in [6.45, 7) is -0.980. The zero-order valence-corrected chi connectivity index (χ0v) is 9.86. The van der Waals surface area contributed by atoms with Crippen LogP contribution < -0.4 is 5.32 Å². The number of alkyl carbamates (subject to hydrolysis) is 1. The molecule has 1 saturated heterocycles. The Hall–Kier alpha value is -1.07. The first kappa shape index (κ1) is 12.4. The molecule has 2 rings (SSSR count). The Labute approximate surface area is 106 Å². The highest BCUT2D eigenvalue weighted by Gasteiger charge is 2.47. The predicted octanol–water partition coefficient (Wildman–Crippen LogP) is 3.41. The minimum atomic E-state index is -3.23. The molecule has 1 aromatic rings. The molecule has 3 nitrogen and oxygen atoms in total. The number of carbonyl (C=O) groups excluding carboxylic acids is 1. The van der Waals surface area contributed by atoms with Gasteiger partial charge in [0.1, 0.15) is 6.04 Å². The van der Waals surface area contributed by atoms with Gasteiger partial charge in [-0.3, -0.25) is 0 Å². The molecule has 1 aromatic carbocycles. The van der Waals surface area contributed by atoms with Crippen LogP contribution in [-0.2, 0) is 4.74 Å². The molecular weight excluding hydrogens is 275 g/mol. The number of nitrogens with one attached hydrogen (secondary N) is 1. The lowest BCUT2D eigenvalue weighted by molar-refractivity contribution is -0.104. The van der Waals surface area contributed by atoms with Gasteiger partial charge in [0, 0.05) is 5.56 Å². The highest BCUT2D eigenvalue weighted by Crippen LogP contribution is 2.39. The minimum absolute atomic E-state index is 0.000965. The van der Waals surface area contributed by atoms with Gasteiger partial charge in [0.2, 0.25) is 0 Å². The average molecular weight is 282 g/mol. The van der Waals surface area contributed by atoms with Crippen molar-refractivity contribution in [3.05, 3.63) is 33.8 Å². The van der Waals surface area contributed by atoms with E-state index in [9.17, 15) is 13.6 Å². The lowest BCUT2D eigenvalue weighted by Gasteiger charge is -2.32. The molecule has 1 atom stereocenters. The molecule has 0 bridgehead atoms. The van der Waals surface area contributed by atoms with Crippen molar-refractivity contribution >= 4 is 29.3 Å². The second kappa shape index (κ2) is 4.31. The number of rotatable bonds is 1. The quantitative estimate of drug-likeness (QED) is 0.857. The number of benzene rings is 1. The van der Waals surface area contributed by atoms with Crippen LogP contribution in [0.2, 0.25) is 10.0 Å². The smallest absolute Gasteiger partial charge is 0.408 e. The molecule has 1 aliphatic rings. The SMILES string of the molecule is O=C1N[C@@H](c2cccc(Cl)c2Cl)C(F)(F)CO1. The molecule has 1 N–H and O–H groups in total. The third kappa shape index (κ3) is 2.30. The highest BCUT2D eigenvalue weighted by atomic mass is 35.5. The number of ether oxygens (including phenoxy) is 1. The number of carbonyl (C=O) groups is 1. The summed E-state index contributed by atoms with van der Waals surface area (Å²) >= 11 is 11.6. The summed E-state index contributed by atoms with van der Waals surface area (Å²) in [4.78, 5) is 11.0. The van der Waals surface area contributed by atoms with Gasteiger partial charge in [-0.15, -0.1) is 0 Å². The molecule has 1 amide bonds. The van der Waals surface area contributed by atoms with Crippen molar-refractivity contribution in [2.24, 2.45) is 0 Å². The molecule has 0 aliphatic carbocycles. The van der Waals surface area contributed by atoms with Crippen LogP contribution in [0.1, 0.15) is 11.6 Å². The first-order chi connectivity index (χ1) is 7.92.